The average Bonchev–Trinajstić information content (AvgIpc) is 3.11. The quantitative estimate of drug-likeness (QED) is 0.572. The molecule has 20 heavy (non-hydrogen) atoms. The van der Waals surface area contributed by atoms with Crippen molar-refractivity contribution in [3.8, 4) is 5.69 Å². The number of thiophene rings is 1. The van der Waals surface area contributed by atoms with E-state index in [9.17, 15) is 0 Å². The van der Waals surface area contributed by atoms with Crippen LogP contribution < -0.4 is 11.3 Å². The standard InChI is InChI=1S/C15H16N4S/c1-11-7-8-14(20-11)15(18-16)12-9-17-19(10-12)13-5-3-2-4-6-13/h2-10,15,18H,16H2,1H3. The Morgan fingerprint density at radius 1 is 1.20 bits per heavy atom. The van der Waals surface area contributed by atoms with E-state index in [1.807, 2.05) is 47.4 Å². The molecular formula is C15H16N4S. The summed E-state index contributed by atoms with van der Waals surface area (Å²) in [7, 11) is 0. The van der Waals surface area contributed by atoms with Gasteiger partial charge in [0.1, 0.15) is 0 Å². The fourth-order valence-electron chi connectivity index (χ4n) is 2.16. The third-order valence-corrected chi connectivity index (χ3v) is 4.23. The van der Waals surface area contributed by atoms with Crippen LogP contribution in [0.1, 0.15) is 21.4 Å². The van der Waals surface area contributed by atoms with Crippen molar-refractivity contribution >= 4 is 11.3 Å². The van der Waals surface area contributed by atoms with Crippen molar-refractivity contribution in [2.24, 2.45) is 5.84 Å². The van der Waals surface area contributed by atoms with Crippen LogP contribution in [0.4, 0.5) is 0 Å². The smallest absolute Gasteiger partial charge is 0.0833 e. The summed E-state index contributed by atoms with van der Waals surface area (Å²) in [4.78, 5) is 2.47. The first-order valence-corrected chi connectivity index (χ1v) is 7.22. The third kappa shape index (κ3) is 2.51. The summed E-state index contributed by atoms with van der Waals surface area (Å²) in [5.41, 5.74) is 4.96. The maximum atomic E-state index is 5.71. The molecule has 102 valence electrons. The Hall–Kier alpha value is -1.95. The van der Waals surface area contributed by atoms with Crippen LogP contribution in [-0.2, 0) is 0 Å². The summed E-state index contributed by atoms with van der Waals surface area (Å²) in [5, 5.41) is 4.41. The highest BCUT2D eigenvalue weighted by Gasteiger charge is 2.16. The molecule has 1 atom stereocenters. The third-order valence-electron chi connectivity index (χ3n) is 3.17. The van der Waals surface area contributed by atoms with Gasteiger partial charge < -0.3 is 0 Å². The van der Waals surface area contributed by atoms with Crippen molar-refractivity contribution in [2.75, 3.05) is 0 Å². The monoisotopic (exact) mass is 284 g/mol. The first-order valence-electron chi connectivity index (χ1n) is 6.40. The van der Waals surface area contributed by atoms with Crippen LogP contribution in [0.25, 0.3) is 5.69 Å². The first-order chi connectivity index (χ1) is 9.78. The second-order valence-electron chi connectivity index (χ2n) is 4.60. The fraction of sp³-hybridized carbons (Fsp3) is 0.133. The van der Waals surface area contributed by atoms with Gasteiger partial charge in [-0.3, -0.25) is 5.84 Å². The highest BCUT2D eigenvalue weighted by Crippen LogP contribution is 2.27. The number of hydrogen-bond acceptors (Lipinski definition) is 4. The summed E-state index contributed by atoms with van der Waals surface area (Å²) in [6, 6.07) is 14.2. The van der Waals surface area contributed by atoms with Gasteiger partial charge in [-0.1, -0.05) is 18.2 Å². The Kier molecular flexibility index (Phi) is 3.64. The van der Waals surface area contributed by atoms with E-state index in [2.05, 4.69) is 29.6 Å². The van der Waals surface area contributed by atoms with Crippen LogP contribution in [0, 0.1) is 6.92 Å². The lowest BCUT2D eigenvalue weighted by Crippen LogP contribution is -2.27. The van der Waals surface area contributed by atoms with Gasteiger partial charge >= 0.3 is 0 Å². The van der Waals surface area contributed by atoms with E-state index >= 15 is 0 Å². The summed E-state index contributed by atoms with van der Waals surface area (Å²) in [5.74, 6) is 5.71. The van der Waals surface area contributed by atoms with E-state index in [4.69, 9.17) is 5.84 Å². The number of nitrogens with zero attached hydrogens (tertiary/aromatic N) is 2. The molecule has 0 saturated carbocycles. The Labute approximate surface area is 121 Å². The van der Waals surface area contributed by atoms with E-state index in [0.717, 1.165) is 11.3 Å². The molecule has 1 aromatic carbocycles. The van der Waals surface area contributed by atoms with Gasteiger partial charge in [-0.05, 0) is 31.2 Å². The van der Waals surface area contributed by atoms with Crippen LogP contribution in [-0.4, -0.2) is 9.78 Å². The molecule has 3 aromatic rings. The average molecular weight is 284 g/mol. The van der Waals surface area contributed by atoms with Crippen molar-refractivity contribution in [1.82, 2.24) is 15.2 Å². The molecule has 3 N–H and O–H groups in total. The van der Waals surface area contributed by atoms with E-state index in [1.54, 1.807) is 11.3 Å². The van der Waals surface area contributed by atoms with Gasteiger partial charge in [0, 0.05) is 21.5 Å². The van der Waals surface area contributed by atoms with Crippen LogP contribution >= 0.6 is 11.3 Å². The largest absolute Gasteiger partial charge is 0.271 e. The molecular weight excluding hydrogens is 268 g/mol. The predicted octanol–water partition coefficient (Wildman–Crippen LogP) is 2.79. The lowest BCUT2D eigenvalue weighted by Gasteiger charge is -2.11. The minimum absolute atomic E-state index is 0.0221. The zero-order valence-corrected chi connectivity index (χ0v) is 12.0. The number of para-hydroxylation sites is 1. The lowest BCUT2D eigenvalue weighted by atomic mass is 10.1. The van der Waals surface area contributed by atoms with Gasteiger partial charge in [0.05, 0.1) is 17.9 Å². The van der Waals surface area contributed by atoms with Crippen LogP contribution in [0.5, 0.6) is 0 Å². The van der Waals surface area contributed by atoms with Crippen LogP contribution in [0.15, 0.2) is 54.9 Å². The normalized spacial score (nSPS) is 12.5. The molecule has 5 heteroatoms. The number of hydrazine groups is 1. The Morgan fingerprint density at radius 3 is 2.65 bits per heavy atom. The molecule has 0 bridgehead atoms. The summed E-state index contributed by atoms with van der Waals surface area (Å²) in [6.45, 7) is 2.09. The molecule has 0 radical (unpaired) electrons. The molecule has 0 spiro atoms. The Bertz CT molecular complexity index is 687. The van der Waals surface area contributed by atoms with E-state index < -0.39 is 0 Å². The number of benzene rings is 1. The van der Waals surface area contributed by atoms with Crippen molar-refractivity contribution in [1.29, 1.82) is 0 Å². The van der Waals surface area contributed by atoms with Gasteiger partial charge in [-0.15, -0.1) is 11.3 Å². The highest BCUT2D eigenvalue weighted by atomic mass is 32.1. The zero-order valence-electron chi connectivity index (χ0n) is 11.2. The van der Waals surface area contributed by atoms with Gasteiger partial charge in [0.15, 0.2) is 0 Å². The molecule has 0 aliphatic carbocycles. The fourth-order valence-corrected chi connectivity index (χ4v) is 3.12. The summed E-state index contributed by atoms with van der Waals surface area (Å²) < 4.78 is 1.86. The predicted molar refractivity (Wildman–Crippen MR) is 81.8 cm³/mol. The van der Waals surface area contributed by atoms with E-state index in [-0.39, 0.29) is 6.04 Å². The highest BCUT2D eigenvalue weighted by molar-refractivity contribution is 7.12. The molecule has 2 heterocycles. The Morgan fingerprint density at radius 2 is 2.00 bits per heavy atom. The number of hydrogen-bond donors (Lipinski definition) is 2. The zero-order chi connectivity index (χ0) is 13.9. The van der Waals surface area contributed by atoms with Crippen molar-refractivity contribution in [2.45, 2.75) is 13.0 Å². The molecule has 4 nitrogen and oxygen atoms in total. The van der Waals surface area contributed by atoms with E-state index in [0.29, 0.717) is 0 Å². The summed E-state index contributed by atoms with van der Waals surface area (Å²) in [6.07, 6.45) is 3.86. The molecule has 0 aliphatic heterocycles. The first kappa shape index (κ1) is 13.1. The number of nitrogens with two attached hydrogens (primary N) is 1. The van der Waals surface area contributed by atoms with Crippen LogP contribution in [0.2, 0.25) is 0 Å². The van der Waals surface area contributed by atoms with Crippen LogP contribution in [0.3, 0.4) is 0 Å². The topological polar surface area (TPSA) is 55.9 Å². The molecule has 0 aliphatic rings. The van der Waals surface area contributed by atoms with Gasteiger partial charge in [0.25, 0.3) is 0 Å². The van der Waals surface area contributed by atoms with Crippen molar-refractivity contribution in [3.05, 3.63) is 70.2 Å². The maximum absolute atomic E-state index is 5.71. The molecule has 3 rings (SSSR count). The van der Waals surface area contributed by atoms with E-state index in [1.165, 1.54) is 9.75 Å². The Balaban J connectivity index is 1.92. The molecule has 0 amide bonds. The lowest BCUT2D eigenvalue weighted by molar-refractivity contribution is 0.646. The van der Waals surface area contributed by atoms with Crippen molar-refractivity contribution < 1.29 is 0 Å². The number of aromatic nitrogens is 2. The number of aryl methyl sites for hydroxylation is 1. The number of rotatable bonds is 4. The molecule has 1 unspecified atom stereocenters. The molecule has 0 saturated heterocycles. The minimum Gasteiger partial charge on any atom is -0.271 e. The maximum Gasteiger partial charge on any atom is 0.0833 e. The van der Waals surface area contributed by atoms with Gasteiger partial charge in [-0.2, -0.15) is 5.10 Å². The van der Waals surface area contributed by atoms with Crippen molar-refractivity contribution in [3.63, 3.8) is 0 Å². The molecule has 0 fully saturated rings. The SMILES string of the molecule is Cc1ccc(C(NN)c2cnn(-c3ccccc3)c2)s1. The minimum atomic E-state index is -0.0221. The van der Waals surface area contributed by atoms with Gasteiger partial charge in [0.2, 0.25) is 0 Å². The number of nitrogens with one attached hydrogen (secondary N) is 1. The van der Waals surface area contributed by atoms with Gasteiger partial charge in [-0.25, -0.2) is 10.1 Å². The summed E-state index contributed by atoms with van der Waals surface area (Å²) >= 11 is 1.74. The second-order valence-corrected chi connectivity index (χ2v) is 5.92. The molecule has 2 aromatic heterocycles. The second kappa shape index (κ2) is 5.58.